The Labute approximate surface area is 167 Å². The van der Waals surface area contributed by atoms with Crippen molar-refractivity contribution in [2.45, 2.75) is 13.1 Å². The number of amides is 1. The fourth-order valence-corrected chi connectivity index (χ4v) is 3.36. The van der Waals surface area contributed by atoms with Gasteiger partial charge in [-0.2, -0.15) is 5.10 Å². The molecule has 6 nitrogen and oxygen atoms in total. The summed E-state index contributed by atoms with van der Waals surface area (Å²) in [6, 6.07) is 20.8. The third-order valence-corrected chi connectivity index (χ3v) is 4.88. The first-order valence-corrected chi connectivity index (χ1v) is 9.42. The van der Waals surface area contributed by atoms with Crippen molar-refractivity contribution >= 4 is 27.5 Å². The fraction of sp³-hybridized carbons (Fsp3) is 0.174. The first-order valence-electron chi connectivity index (χ1n) is 9.42. The van der Waals surface area contributed by atoms with Gasteiger partial charge in [-0.3, -0.25) is 9.59 Å². The highest BCUT2D eigenvalue weighted by Crippen LogP contribution is 2.16. The zero-order valence-corrected chi connectivity index (χ0v) is 16.1. The molecular formula is C23H21N3O3. The first-order chi connectivity index (χ1) is 14.2. The summed E-state index contributed by atoms with van der Waals surface area (Å²) in [5, 5.41) is 10.8. The number of fused-ring (bicyclic) bond motifs is 2. The van der Waals surface area contributed by atoms with E-state index in [4.69, 9.17) is 4.74 Å². The number of carbonyl (C=O) groups is 1. The second-order valence-corrected chi connectivity index (χ2v) is 6.76. The molecule has 3 aromatic carbocycles. The van der Waals surface area contributed by atoms with E-state index in [1.165, 1.54) is 4.68 Å². The van der Waals surface area contributed by atoms with Crippen LogP contribution in [-0.4, -0.2) is 29.4 Å². The van der Waals surface area contributed by atoms with Crippen LogP contribution in [0.5, 0.6) is 0 Å². The summed E-state index contributed by atoms with van der Waals surface area (Å²) in [5.41, 5.74) is 1.06. The number of methoxy groups -OCH3 is 1. The van der Waals surface area contributed by atoms with Gasteiger partial charge < -0.3 is 10.1 Å². The highest BCUT2D eigenvalue weighted by molar-refractivity contribution is 5.98. The van der Waals surface area contributed by atoms with E-state index in [0.717, 1.165) is 16.2 Å². The highest BCUT2D eigenvalue weighted by Gasteiger charge is 2.12. The molecule has 0 atom stereocenters. The third kappa shape index (κ3) is 3.88. The Morgan fingerprint density at radius 3 is 2.52 bits per heavy atom. The minimum Gasteiger partial charge on any atom is -0.383 e. The van der Waals surface area contributed by atoms with Crippen molar-refractivity contribution in [3.63, 3.8) is 0 Å². The quantitative estimate of drug-likeness (QED) is 0.552. The van der Waals surface area contributed by atoms with Crippen LogP contribution in [0.4, 0.5) is 0 Å². The number of carbonyl (C=O) groups excluding carboxylic acids is 1. The van der Waals surface area contributed by atoms with E-state index >= 15 is 0 Å². The average Bonchev–Trinajstić information content (AvgIpc) is 2.77. The lowest BCUT2D eigenvalue weighted by Gasteiger charge is -2.12. The molecule has 0 radical (unpaired) electrons. The SMILES string of the molecule is COCCn1nc(CNC(=O)c2ccc3ccccc3c2)c2ccccc2c1=O. The number of nitrogens with zero attached hydrogens (tertiary/aromatic N) is 2. The lowest BCUT2D eigenvalue weighted by atomic mass is 10.1. The molecule has 1 aromatic heterocycles. The largest absolute Gasteiger partial charge is 0.383 e. The molecular weight excluding hydrogens is 366 g/mol. The third-order valence-electron chi connectivity index (χ3n) is 4.88. The number of benzene rings is 3. The van der Waals surface area contributed by atoms with Crippen LogP contribution in [0, 0.1) is 0 Å². The van der Waals surface area contributed by atoms with Gasteiger partial charge in [0.25, 0.3) is 11.5 Å². The predicted molar refractivity (Wildman–Crippen MR) is 113 cm³/mol. The van der Waals surface area contributed by atoms with Gasteiger partial charge in [0, 0.05) is 18.1 Å². The van der Waals surface area contributed by atoms with Gasteiger partial charge in [-0.1, -0.05) is 48.5 Å². The summed E-state index contributed by atoms with van der Waals surface area (Å²) in [7, 11) is 1.58. The van der Waals surface area contributed by atoms with Gasteiger partial charge in [-0.05, 0) is 29.0 Å². The molecule has 0 aliphatic rings. The minimum absolute atomic E-state index is 0.165. The molecule has 0 saturated heterocycles. The Morgan fingerprint density at radius 2 is 1.72 bits per heavy atom. The number of ether oxygens (including phenoxy) is 1. The smallest absolute Gasteiger partial charge is 0.274 e. The molecule has 4 rings (SSSR count). The summed E-state index contributed by atoms with van der Waals surface area (Å²) < 4.78 is 6.47. The molecule has 0 spiro atoms. The molecule has 146 valence electrons. The average molecular weight is 387 g/mol. The van der Waals surface area contributed by atoms with Crippen LogP contribution in [0.25, 0.3) is 21.5 Å². The number of aromatic nitrogens is 2. The standard InChI is InChI=1S/C23H21N3O3/c1-29-13-12-26-23(28)20-9-5-4-8-19(20)21(25-26)15-24-22(27)18-11-10-16-6-2-3-7-17(16)14-18/h2-11,14H,12-13,15H2,1H3,(H,24,27). The Kier molecular flexibility index (Phi) is 5.35. The number of nitrogens with one attached hydrogen (secondary N) is 1. The Hall–Kier alpha value is -3.51. The van der Waals surface area contributed by atoms with Gasteiger partial charge in [0.1, 0.15) is 0 Å². The van der Waals surface area contributed by atoms with Crippen LogP contribution in [-0.2, 0) is 17.8 Å². The van der Waals surface area contributed by atoms with E-state index in [0.29, 0.717) is 29.8 Å². The maximum absolute atomic E-state index is 12.7. The molecule has 1 heterocycles. The number of rotatable bonds is 6. The Balaban J connectivity index is 1.62. The zero-order chi connectivity index (χ0) is 20.2. The molecule has 0 unspecified atom stereocenters. The second kappa shape index (κ2) is 8.24. The molecule has 1 N–H and O–H groups in total. The van der Waals surface area contributed by atoms with Gasteiger partial charge in [0.15, 0.2) is 0 Å². The van der Waals surface area contributed by atoms with Crippen molar-refractivity contribution in [2.75, 3.05) is 13.7 Å². The molecule has 0 aliphatic carbocycles. The highest BCUT2D eigenvalue weighted by atomic mass is 16.5. The fourth-order valence-electron chi connectivity index (χ4n) is 3.36. The molecule has 1 amide bonds. The lowest BCUT2D eigenvalue weighted by Crippen LogP contribution is -2.29. The topological polar surface area (TPSA) is 73.2 Å². The maximum atomic E-state index is 12.7. The Morgan fingerprint density at radius 1 is 1.00 bits per heavy atom. The maximum Gasteiger partial charge on any atom is 0.274 e. The molecule has 0 saturated carbocycles. The normalized spacial score (nSPS) is 11.1. The van der Waals surface area contributed by atoms with Crippen LogP contribution < -0.4 is 10.9 Å². The first kappa shape index (κ1) is 18.8. The zero-order valence-electron chi connectivity index (χ0n) is 16.1. The van der Waals surface area contributed by atoms with Gasteiger partial charge >= 0.3 is 0 Å². The Bertz CT molecular complexity index is 1250. The van der Waals surface area contributed by atoms with Gasteiger partial charge in [-0.25, -0.2) is 4.68 Å². The number of hydrogen-bond donors (Lipinski definition) is 1. The van der Waals surface area contributed by atoms with E-state index in [-0.39, 0.29) is 18.0 Å². The van der Waals surface area contributed by atoms with Crippen molar-refractivity contribution < 1.29 is 9.53 Å². The summed E-state index contributed by atoms with van der Waals surface area (Å²) in [4.78, 5) is 25.3. The van der Waals surface area contributed by atoms with Gasteiger partial charge in [-0.15, -0.1) is 0 Å². The van der Waals surface area contributed by atoms with Crippen LogP contribution in [0.1, 0.15) is 16.1 Å². The summed E-state index contributed by atoms with van der Waals surface area (Å²) in [6.45, 7) is 0.958. The number of hydrogen-bond acceptors (Lipinski definition) is 4. The van der Waals surface area contributed by atoms with E-state index in [1.54, 1.807) is 13.2 Å². The van der Waals surface area contributed by atoms with E-state index < -0.39 is 0 Å². The molecule has 0 aliphatic heterocycles. The lowest BCUT2D eigenvalue weighted by molar-refractivity contribution is 0.0950. The van der Waals surface area contributed by atoms with Crippen molar-refractivity contribution in [3.05, 3.63) is 88.3 Å². The molecule has 0 fully saturated rings. The van der Waals surface area contributed by atoms with Crippen molar-refractivity contribution in [1.29, 1.82) is 0 Å². The molecule has 29 heavy (non-hydrogen) atoms. The van der Waals surface area contributed by atoms with Crippen LogP contribution >= 0.6 is 0 Å². The molecule has 0 bridgehead atoms. The van der Waals surface area contributed by atoms with Gasteiger partial charge in [0.05, 0.1) is 30.8 Å². The van der Waals surface area contributed by atoms with Crippen molar-refractivity contribution in [2.24, 2.45) is 0 Å². The molecule has 4 aromatic rings. The van der Waals surface area contributed by atoms with Crippen LogP contribution in [0.2, 0.25) is 0 Å². The van der Waals surface area contributed by atoms with Crippen LogP contribution in [0.3, 0.4) is 0 Å². The van der Waals surface area contributed by atoms with Crippen molar-refractivity contribution in [3.8, 4) is 0 Å². The van der Waals surface area contributed by atoms with Crippen LogP contribution in [0.15, 0.2) is 71.5 Å². The summed E-state index contributed by atoms with van der Waals surface area (Å²) in [6.07, 6.45) is 0. The summed E-state index contributed by atoms with van der Waals surface area (Å²) >= 11 is 0. The van der Waals surface area contributed by atoms with Crippen molar-refractivity contribution in [1.82, 2.24) is 15.1 Å². The van der Waals surface area contributed by atoms with Gasteiger partial charge in [0.2, 0.25) is 0 Å². The van der Waals surface area contributed by atoms with E-state index in [2.05, 4.69) is 10.4 Å². The summed E-state index contributed by atoms with van der Waals surface area (Å²) in [5.74, 6) is -0.184. The monoisotopic (exact) mass is 387 g/mol. The second-order valence-electron chi connectivity index (χ2n) is 6.76. The van der Waals surface area contributed by atoms with E-state index in [1.807, 2.05) is 60.7 Å². The predicted octanol–water partition coefficient (Wildman–Crippen LogP) is 3.13. The van der Waals surface area contributed by atoms with E-state index in [9.17, 15) is 9.59 Å². The minimum atomic E-state index is -0.184. The molecule has 6 heteroatoms.